The van der Waals surface area contributed by atoms with Gasteiger partial charge in [0.1, 0.15) is 11.4 Å². The van der Waals surface area contributed by atoms with Crippen LogP contribution in [0.1, 0.15) is 29.9 Å². The number of amides is 1. The van der Waals surface area contributed by atoms with E-state index >= 15 is 0 Å². The van der Waals surface area contributed by atoms with E-state index in [0.29, 0.717) is 31.3 Å². The van der Waals surface area contributed by atoms with Crippen molar-refractivity contribution in [3.8, 4) is 5.75 Å². The monoisotopic (exact) mass is 328 g/mol. The molecule has 6 nitrogen and oxygen atoms in total. The van der Waals surface area contributed by atoms with Crippen LogP contribution < -0.4 is 10.1 Å². The first-order valence-corrected chi connectivity index (χ1v) is 8.17. The highest BCUT2D eigenvalue weighted by atomic mass is 16.5. The molecule has 0 spiro atoms. The van der Waals surface area contributed by atoms with Gasteiger partial charge in [-0.15, -0.1) is 0 Å². The Morgan fingerprint density at radius 1 is 1.25 bits per heavy atom. The molecule has 1 aromatic carbocycles. The van der Waals surface area contributed by atoms with Crippen molar-refractivity contribution in [1.82, 2.24) is 14.9 Å². The molecule has 6 heteroatoms. The Morgan fingerprint density at radius 2 is 2.04 bits per heavy atom. The third kappa shape index (κ3) is 4.68. The van der Waals surface area contributed by atoms with Gasteiger partial charge in [-0.25, -0.2) is 9.97 Å². The molecular weight excluding hydrogens is 304 g/mol. The van der Waals surface area contributed by atoms with Crippen molar-refractivity contribution in [3.63, 3.8) is 0 Å². The number of hydrogen-bond acceptors (Lipinski definition) is 5. The molecule has 0 atom stereocenters. The number of nitrogens with one attached hydrogen (secondary N) is 1. The topological polar surface area (TPSA) is 67.4 Å². The highest BCUT2D eigenvalue weighted by Gasteiger charge is 2.14. The Morgan fingerprint density at radius 3 is 2.75 bits per heavy atom. The van der Waals surface area contributed by atoms with Crippen LogP contribution >= 0.6 is 0 Å². The van der Waals surface area contributed by atoms with E-state index in [-0.39, 0.29) is 5.91 Å². The normalized spacial score (nSPS) is 10.3. The summed E-state index contributed by atoms with van der Waals surface area (Å²) in [5, 5.41) is 3.17. The zero-order valence-corrected chi connectivity index (χ0v) is 14.5. The molecule has 1 amide bonds. The molecule has 2 aromatic rings. The van der Waals surface area contributed by atoms with E-state index in [1.807, 2.05) is 38.1 Å². The van der Waals surface area contributed by atoms with Gasteiger partial charge in [-0.3, -0.25) is 4.79 Å². The van der Waals surface area contributed by atoms with E-state index in [0.717, 1.165) is 17.7 Å². The number of methoxy groups -OCH3 is 1. The second kappa shape index (κ2) is 8.86. The lowest BCUT2D eigenvalue weighted by atomic mass is 10.1. The Hall–Kier alpha value is -2.63. The molecule has 24 heavy (non-hydrogen) atoms. The van der Waals surface area contributed by atoms with Crippen LogP contribution in [0.4, 0.5) is 5.95 Å². The van der Waals surface area contributed by atoms with E-state index in [2.05, 4.69) is 15.3 Å². The van der Waals surface area contributed by atoms with E-state index in [9.17, 15) is 4.79 Å². The zero-order chi connectivity index (χ0) is 17.4. The first-order valence-electron chi connectivity index (χ1n) is 8.17. The fourth-order valence-corrected chi connectivity index (χ4v) is 2.38. The maximum absolute atomic E-state index is 12.3. The molecule has 0 aliphatic heterocycles. The first-order chi connectivity index (χ1) is 11.7. The summed E-state index contributed by atoms with van der Waals surface area (Å²) in [4.78, 5) is 22.6. The van der Waals surface area contributed by atoms with Crippen molar-refractivity contribution < 1.29 is 9.53 Å². The summed E-state index contributed by atoms with van der Waals surface area (Å²) in [7, 11) is 1.66. The van der Waals surface area contributed by atoms with E-state index in [1.165, 1.54) is 0 Å². The maximum Gasteiger partial charge on any atom is 0.272 e. The van der Waals surface area contributed by atoms with Gasteiger partial charge >= 0.3 is 0 Å². The van der Waals surface area contributed by atoms with E-state index in [1.54, 1.807) is 24.3 Å². The molecule has 0 saturated carbocycles. The largest absolute Gasteiger partial charge is 0.497 e. The SMILES string of the molecule is CCN(CC)C(=O)c1ccnc(NCCc2cccc(OC)c2)n1. The summed E-state index contributed by atoms with van der Waals surface area (Å²) in [6, 6.07) is 9.58. The van der Waals surface area contributed by atoms with Crippen molar-refractivity contribution >= 4 is 11.9 Å². The Labute approximate surface area is 142 Å². The number of nitrogens with zero attached hydrogens (tertiary/aromatic N) is 3. The van der Waals surface area contributed by atoms with Crippen LogP contribution in [0, 0.1) is 0 Å². The van der Waals surface area contributed by atoms with Gasteiger partial charge in [-0.1, -0.05) is 12.1 Å². The van der Waals surface area contributed by atoms with E-state index < -0.39 is 0 Å². The zero-order valence-electron chi connectivity index (χ0n) is 14.5. The lowest BCUT2D eigenvalue weighted by Crippen LogP contribution is -2.31. The van der Waals surface area contributed by atoms with Gasteiger partial charge in [0.2, 0.25) is 5.95 Å². The predicted molar refractivity (Wildman–Crippen MR) is 94.5 cm³/mol. The number of aromatic nitrogens is 2. The lowest BCUT2D eigenvalue weighted by molar-refractivity contribution is 0.0767. The van der Waals surface area contributed by atoms with Crippen LogP contribution in [0.5, 0.6) is 5.75 Å². The molecule has 0 bridgehead atoms. The number of anilines is 1. The average Bonchev–Trinajstić information content (AvgIpc) is 2.63. The van der Waals surface area contributed by atoms with Crippen molar-refractivity contribution in [3.05, 3.63) is 47.8 Å². The molecule has 1 N–H and O–H groups in total. The summed E-state index contributed by atoms with van der Waals surface area (Å²) < 4.78 is 5.22. The van der Waals surface area contributed by atoms with Gasteiger partial charge < -0.3 is 15.0 Å². The van der Waals surface area contributed by atoms with Crippen molar-refractivity contribution in [1.29, 1.82) is 0 Å². The van der Waals surface area contributed by atoms with Gasteiger partial charge in [0.05, 0.1) is 7.11 Å². The number of hydrogen-bond donors (Lipinski definition) is 1. The number of rotatable bonds is 8. The molecule has 0 radical (unpaired) electrons. The Kier molecular flexibility index (Phi) is 6.54. The molecule has 0 aliphatic carbocycles. The summed E-state index contributed by atoms with van der Waals surface area (Å²) >= 11 is 0. The molecular formula is C18H24N4O2. The van der Waals surface area contributed by atoms with Crippen LogP contribution in [0.2, 0.25) is 0 Å². The number of carbonyl (C=O) groups is 1. The molecule has 0 saturated heterocycles. The Bertz CT molecular complexity index is 672. The van der Waals surface area contributed by atoms with Crippen LogP contribution in [0.3, 0.4) is 0 Å². The van der Waals surface area contributed by atoms with Crippen LogP contribution in [-0.2, 0) is 6.42 Å². The molecule has 0 aliphatic rings. The number of benzene rings is 1. The van der Waals surface area contributed by atoms with Gasteiger partial charge in [0.15, 0.2) is 0 Å². The molecule has 0 fully saturated rings. The third-order valence-electron chi connectivity index (χ3n) is 3.76. The number of ether oxygens (including phenoxy) is 1. The van der Waals surface area contributed by atoms with Crippen molar-refractivity contribution in [2.75, 3.05) is 32.1 Å². The maximum atomic E-state index is 12.3. The summed E-state index contributed by atoms with van der Waals surface area (Å²) in [5.74, 6) is 1.24. The van der Waals surface area contributed by atoms with Crippen LogP contribution in [0.15, 0.2) is 36.5 Å². The minimum atomic E-state index is -0.0711. The molecule has 1 heterocycles. The quantitative estimate of drug-likeness (QED) is 0.807. The summed E-state index contributed by atoms with van der Waals surface area (Å²) in [6.07, 6.45) is 2.42. The molecule has 0 unspecified atom stereocenters. The minimum Gasteiger partial charge on any atom is -0.497 e. The second-order valence-corrected chi connectivity index (χ2v) is 5.27. The van der Waals surface area contributed by atoms with Crippen LogP contribution in [-0.4, -0.2) is 47.5 Å². The standard InChI is InChI=1S/C18H24N4O2/c1-4-22(5-2)17(23)16-10-12-20-18(21-16)19-11-9-14-7-6-8-15(13-14)24-3/h6-8,10,12-13H,4-5,9,11H2,1-3H3,(H,19,20,21). The smallest absolute Gasteiger partial charge is 0.272 e. The van der Waals surface area contributed by atoms with E-state index in [4.69, 9.17) is 4.74 Å². The highest BCUT2D eigenvalue weighted by molar-refractivity contribution is 5.92. The second-order valence-electron chi connectivity index (χ2n) is 5.27. The fourth-order valence-electron chi connectivity index (χ4n) is 2.38. The van der Waals surface area contributed by atoms with Gasteiger partial charge in [-0.05, 0) is 44.0 Å². The van der Waals surface area contributed by atoms with Crippen molar-refractivity contribution in [2.45, 2.75) is 20.3 Å². The van der Waals surface area contributed by atoms with Gasteiger partial charge in [-0.2, -0.15) is 0 Å². The summed E-state index contributed by atoms with van der Waals surface area (Å²) in [5.41, 5.74) is 1.58. The molecule has 1 aromatic heterocycles. The average molecular weight is 328 g/mol. The minimum absolute atomic E-state index is 0.0711. The van der Waals surface area contributed by atoms with Gasteiger partial charge in [0, 0.05) is 25.8 Å². The highest BCUT2D eigenvalue weighted by Crippen LogP contribution is 2.13. The molecule has 128 valence electrons. The summed E-state index contributed by atoms with van der Waals surface area (Å²) in [6.45, 7) is 5.91. The fraction of sp³-hybridized carbons (Fsp3) is 0.389. The molecule has 2 rings (SSSR count). The van der Waals surface area contributed by atoms with Crippen molar-refractivity contribution in [2.24, 2.45) is 0 Å². The van der Waals surface area contributed by atoms with Crippen LogP contribution in [0.25, 0.3) is 0 Å². The predicted octanol–water partition coefficient (Wildman–Crippen LogP) is 2.62. The lowest BCUT2D eigenvalue weighted by Gasteiger charge is -2.18. The third-order valence-corrected chi connectivity index (χ3v) is 3.76. The van der Waals surface area contributed by atoms with Gasteiger partial charge in [0.25, 0.3) is 5.91 Å². The first kappa shape index (κ1) is 17.7. The number of carbonyl (C=O) groups excluding carboxylic acids is 1. The Balaban J connectivity index is 1.95.